The van der Waals surface area contributed by atoms with Crippen molar-refractivity contribution in [1.29, 1.82) is 0 Å². The maximum atomic E-state index is 14.5. The molecule has 3 fully saturated rings. The summed E-state index contributed by atoms with van der Waals surface area (Å²) in [6, 6.07) is -1.18. The number of ketones is 3. The predicted octanol–water partition coefficient (Wildman–Crippen LogP) is 7.53. The second-order valence-electron chi connectivity index (χ2n) is 20.5. The summed E-state index contributed by atoms with van der Waals surface area (Å²) in [5.74, 6) is -8.37. The number of piperidine rings is 1. The van der Waals surface area contributed by atoms with E-state index < -0.39 is 102 Å². The van der Waals surface area contributed by atoms with Crippen LogP contribution in [0, 0.1) is 35.5 Å². The number of allylic oxidation sites excluding steroid dienone is 6. The van der Waals surface area contributed by atoms with E-state index in [0.29, 0.717) is 69.8 Å². The lowest BCUT2D eigenvalue weighted by atomic mass is 9.78. The van der Waals surface area contributed by atoms with E-state index >= 15 is 0 Å². The normalized spacial score (nSPS) is 35.4. The summed E-state index contributed by atoms with van der Waals surface area (Å²) < 4.78 is 40.2. The molecule has 4 aliphatic rings. The van der Waals surface area contributed by atoms with Crippen LogP contribution in [-0.4, -0.2) is 140 Å². The molecule has 2 saturated heterocycles. The van der Waals surface area contributed by atoms with Crippen LogP contribution in [0.5, 0.6) is 0 Å². The molecule has 0 aromatic rings. The highest BCUT2D eigenvalue weighted by Gasteiger charge is 2.53. The number of aliphatic hydroxyl groups excluding tert-OH is 1. The minimum atomic E-state index is -2.45. The fourth-order valence-electron chi connectivity index (χ4n) is 10.5. The van der Waals surface area contributed by atoms with E-state index in [1.807, 2.05) is 51.2 Å². The number of Topliss-reactive ketones (excluding diaryl/α,β-unsaturated/α-hetero) is 3. The first-order valence-electron chi connectivity index (χ1n) is 25.6. The third-order valence-electron chi connectivity index (χ3n) is 15.0. The van der Waals surface area contributed by atoms with Gasteiger partial charge in [0.25, 0.3) is 11.7 Å². The SMILES string of the molecule is C=CCOC(=O)O[C@@H]1CC[C@@H](C[C@@H](C)[C@@H]2CC(=O)[C@H](C)C=C(C)[C@@H](O)[C@@H](OC)C(=O)[C@H](C)C[C@H](C)C=CC=CC=C(C)[C@@H](OC)C[C@@H]3CC[C@@H](C)[C@@](O)(O3)C(=O)C(=O)N3CCCC[C@H]3C(=O)O2)C[C@H]1OC. The fourth-order valence-corrected chi connectivity index (χ4v) is 10.5. The Balaban J connectivity index is 1.69. The number of cyclic esters (lactones) is 1. The molecule has 3 aliphatic heterocycles. The van der Waals surface area contributed by atoms with Crippen molar-refractivity contribution < 1.29 is 72.1 Å². The third kappa shape index (κ3) is 16.3. The van der Waals surface area contributed by atoms with Gasteiger partial charge in [0.05, 0.1) is 18.3 Å². The third-order valence-corrected chi connectivity index (χ3v) is 15.0. The van der Waals surface area contributed by atoms with Gasteiger partial charge in [0, 0.05) is 58.5 Å². The minimum Gasteiger partial charge on any atom is -0.460 e. The first kappa shape index (κ1) is 59.2. The maximum Gasteiger partial charge on any atom is 0.508 e. The summed E-state index contributed by atoms with van der Waals surface area (Å²) in [6.07, 6.45) is 11.1. The number of methoxy groups -OCH3 is 3. The zero-order valence-electron chi connectivity index (χ0n) is 43.9. The van der Waals surface area contributed by atoms with Gasteiger partial charge in [-0.15, -0.1) is 0 Å². The highest BCUT2D eigenvalue weighted by Crippen LogP contribution is 2.38. The molecule has 1 saturated carbocycles. The van der Waals surface area contributed by atoms with Crippen molar-refractivity contribution in [2.75, 3.05) is 34.5 Å². The molecule has 16 heteroatoms. The van der Waals surface area contributed by atoms with Gasteiger partial charge < -0.3 is 48.3 Å². The molecule has 0 aromatic carbocycles. The number of carbonyl (C=O) groups is 6. The summed E-state index contributed by atoms with van der Waals surface area (Å²) in [7, 11) is 4.48. The summed E-state index contributed by atoms with van der Waals surface area (Å²) in [6.45, 7) is 16.2. The number of fused-ring (bicyclic) bond motifs is 3. The van der Waals surface area contributed by atoms with Gasteiger partial charge in [-0.1, -0.05) is 83.7 Å². The minimum absolute atomic E-state index is 0.00314. The Kier molecular flexibility index (Phi) is 23.5. The number of carbonyl (C=O) groups excluding carboxylic acids is 6. The Bertz CT molecular complexity index is 1960. The first-order valence-corrected chi connectivity index (χ1v) is 25.6. The number of nitrogens with zero attached hydrogens (tertiary/aromatic N) is 1. The van der Waals surface area contributed by atoms with Crippen molar-refractivity contribution in [3.63, 3.8) is 0 Å². The maximum absolute atomic E-state index is 14.5. The number of rotatable bonds is 9. The Morgan fingerprint density at radius 3 is 2.31 bits per heavy atom. The quantitative estimate of drug-likeness (QED) is 0.130. The van der Waals surface area contributed by atoms with Gasteiger partial charge in [0.1, 0.15) is 42.8 Å². The van der Waals surface area contributed by atoms with Crippen molar-refractivity contribution in [2.45, 2.75) is 180 Å². The van der Waals surface area contributed by atoms with Crippen molar-refractivity contribution in [3.8, 4) is 0 Å². The van der Waals surface area contributed by atoms with Crippen LogP contribution in [0.25, 0.3) is 0 Å². The van der Waals surface area contributed by atoms with Crippen molar-refractivity contribution in [3.05, 3.63) is 60.3 Å². The van der Waals surface area contributed by atoms with E-state index in [0.717, 1.165) is 5.57 Å². The van der Waals surface area contributed by atoms with E-state index in [-0.39, 0.29) is 49.4 Å². The van der Waals surface area contributed by atoms with E-state index in [1.165, 1.54) is 18.1 Å². The molecule has 2 N–H and O–H groups in total. The Morgan fingerprint density at radius 2 is 1.63 bits per heavy atom. The molecule has 0 spiro atoms. The van der Waals surface area contributed by atoms with Crippen molar-refractivity contribution in [2.24, 2.45) is 35.5 Å². The summed E-state index contributed by atoms with van der Waals surface area (Å²) in [5, 5.41) is 23.5. The lowest BCUT2D eigenvalue weighted by Gasteiger charge is -2.42. The van der Waals surface area contributed by atoms with Gasteiger partial charge >= 0.3 is 12.1 Å². The van der Waals surface area contributed by atoms with Gasteiger partial charge in [-0.25, -0.2) is 9.59 Å². The average Bonchev–Trinajstić information content (AvgIpc) is 3.35. The van der Waals surface area contributed by atoms with Gasteiger partial charge in [0.15, 0.2) is 5.78 Å². The zero-order valence-corrected chi connectivity index (χ0v) is 43.9. The smallest absolute Gasteiger partial charge is 0.460 e. The van der Waals surface area contributed by atoms with Crippen LogP contribution in [0.15, 0.2) is 60.3 Å². The molecular weight excluding hydrogens is 915 g/mol. The average molecular weight is 998 g/mol. The molecule has 2 bridgehead atoms. The van der Waals surface area contributed by atoms with Crippen LogP contribution in [0.1, 0.15) is 126 Å². The molecule has 3 heterocycles. The molecule has 0 aromatic heterocycles. The molecule has 15 atom stereocenters. The van der Waals surface area contributed by atoms with Gasteiger partial charge in [0.2, 0.25) is 5.79 Å². The molecule has 398 valence electrons. The topological polar surface area (TPSA) is 211 Å². The van der Waals surface area contributed by atoms with Gasteiger partial charge in [-0.3, -0.25) is 19.2 Å². The summed E-state index contributed by atoms with van der Waals surface area (Å²) in [5.41, 5.74) is 1.23. The van der Waals surface area contributed by atoms with Crippen molar-refractivity contribution in [1.82, 2.24) is 4.90 Å². The van der Waals surface area contributed by atoms with Crippen LogP contribution >= 0.6 is 0 Å². The van der Waals surface area contributed by atoms with Crippen LogP contribution in [0.2, 0.25) is 0 Å². The molecule has 16 nitrogen and oxygen atoms in total. The highest BCUT2D eigenvalue weighted by atomic mass is 16.7. The van der Waals surface area contributed by atoms with Crippen LogP contribution in [0.4, 0.5) is 4.79 Å². The van der Waals surface area contributed by atoms with E-state index in [4.69, 9.17) is 33.2 Å². The molecule has 0 radical (unpaired) electrons. The summed E-state index contributed by atoms with van der Waals surface area (Å²) in [4.78, 5) is 84.6. The molecule has 1 aliphatic carbocycles. The molecule has 0 unspecified atom stereocenters. The molecule has 4 rings (SSSR count). The first-order chi connectivity index (χ1) is 33.7. The highest BCUT2D eigenvalue weighted by molar-refractivity contribution is 6.39. The van der Waals surface area contributed by atoms with Crippen molar-refractivity contribution >= 4 is 35.4 Å². The standard InChI is InChI=1S/C55H83NO15/c1-12-26-68-54(63)70-44-24-22-40(30-47(44)66-10)29-36(5)46-32-43(57)35(4)28-38(7)49(59)50(67-11)48(58)37(6)27-33(2)18-14-13-15-19-34(3)45(65-9)31-41-23-21-39(8)55(64,71-41)51(60)52(61)56-25-17-16-20-42(56)53(62)69-46/h12-15,18-19,28,33,35-37,39-42,44-47,49-50,59,64H,1,16-17,20-27,29-32H2,2-11H3/t33-,35-,36-,37-,39-,40+,41+,42+,44-,45+,46+,47-,49-,50+,55-/m1/s1. The Morgan fingerprint density at radius 1 is 0.901 bits per heavy atom. The predicted molar refractivity (Wildman–Crippen MR) is 266 cm³/mol. The molecular formula is C55H83NO15. The molecule has 71 heavy (non-hydrogen) atoms. The number of hydrogen-bond acceptors (Lipinski definition) is 15. The van der Waals surface area contributed by atoms with E-state index in [1.54, 1.807) is 48.0 Å². The lowest BCUT2D eigenvalue weighted by Crippen LogP contribution is -2.61. The van der Waals surface area contributed by atoms with E-state index in [9.17, 15) is 39.0 Å². The van der Waals surface area contributed by atoms with Crippen LogP contribution in [-0.2, 0) is 57.1 Å². The number of aliphatic hydroxyl groups is 2. The van der Waals surface area contributed by atoms with Gasteiger partial charge in [-0.2, -0.15) is 0 Å². The Hall–Kier alpha value is -4.32. The number of esters is 1. The second-order valence-corrected chi connectivity index (χ2v) is 20.5. The fraction of sp³-hybridized carbons (Fsp3) is 0.709. The second kappa shape index (κ2) is 28.2. The summed E-state index contributed by atoms with van der Waals surface area (Å²) >= 11 is 0. The zero-order chi connectivity index (χ0) is 52.6. The lowest BCUT2D eigenvalue weighted by molar-refractivity contribution is -0.265. The van der Waals surface area contributed by atoms with E-state index in [2.05, 4.69) is 6.58 Å². The van der Waals surface area contributed by atoms with Gasteiger partial charge in [-0.05, 0) is 107 Å². The Labute approximate surface area is 421 Å². The number of amides is 1. The number of ether oxygens (including phenoxy) is 7. The largest absolute Gasteiger partial charge is 0.508 e. The van der Waals surface area contributed by atoms with Crippen LogP contribution < -0.4 is 0 Å². The molecule has 1 amide bonds. The number of hydrogen-bond donors (Lipinski definition) is 2. The monoisotopic (exact) mass is 998 g/mol. The van der Waals surface area contributed by atoms with Crippen LogP contribution in [0.3, 0.4) is 0 Å².